The van der Waals surface area contributed by atoms with E-state index in [1.807, 2.05) is 69.4 Å². The fourth-order valence-electron chi connectivity index (χ4n) is 3.30. The summed E-state index contributed by atoms with van der Waals surface area (Å²) in [6.07, 6.45) is 3.13. The fourth-order valence-corrected chi connectivity index (χ4v) is 3.30. The smallest absolute Gasteiger partial charge is 0.305 e. The van der Waals surface area contributed by atoms with E-state index in [2.05, 4.69) is 14.9 Å². The lowest BCUT2D eigenvalue weighted by Gasteiger charge is -2.21. The Morgan fingerprint density at radius 3 is 2.70 bits per heavy atom. The first-order chi connectivity index (χ1) is 14.6. The van der Waals surface area contributed by atoms with Gasteiger partial charge in [0.15, 0.2) is 0 Å². The van der Waals surface area contributed by atoms with E-state index in [1.165, 1.54) is 0 Å². The highest BCUT2D eigenvalue weighted by atomic mass is 16.5. The maximum atomic E-state index is 11.4. The van der Waals surface area contributed by atoms with Gasteiger partial charge < -0.3 is 14.4 Å². The summed E-state index contributed by atoms with van der Waals surface area (Å²) in [6, 6.07) is 16.0. The molecule has 0 aliphatic heterocycles. The Balaban J connectivity index is 1.60. The molecule has 3 rings (SSSR count). The molecule has 0 saturated carbocycles. The number of anilines is 2. The van der Waals surface area contributed by atoms with Crippen molar-refractivity contribution in [3.8, 4) is 5.75 Å². The predicted molar refractivity (Wildman–Crippen MR) is 119 cm³/mol. The van der Waals surface area contributed by atoms with E-state index in [0.29, 0.717) is 19.6 Å². The van der Waals surface area contributed by atoms with Crippen LogP contribution in [0.4, 0.5) is 11.5 Å². The third-order valence-corrected chi connectivity index (χ3v) is 4.82. The molecular weight excluding hydrogens is 378 g/mol. The maximum Gasteiger partial charge on any atom is 0.305 e. The normalized spacial score (nSPS) is 10.8. The zero-order valence-electron chi connectivity index (χ0n) is 17.9. The molecule has 3 aromatic rings. The van der Waals surface area contributed by atoms with Crippen molar-refractivity contribution in [3.05, 3.63) is 54.4 Å². The van der Waals surface area contributed by atoms with E-state index < -0.39 is 0 Å². The molecule has 0 radical (unpaired) electrons. The molecule has 0 unspecified atom stereocenters. The summed E-state index contributed by atoms with van der Waals surface area (Å²) in [4.78, 5) is 22.6. The Labute approximate surface area is 177 Å². The highest BCUT2D eigenvalue weighted by Gasteiger charge is 2.12. The van der Waals surface area contributed by atoms with Gasteiger partial charge >= 0.3 is 5.97 Å². The molecule has 0 N–H and O–H groups in total. The topological polar surface area (TPSA) is 64.6 Å². The second-order valence-corrected chi connectivity index (χ2v) is 7.13. The van der Waals surface area contributed by atoms with Crippen molar-refractivity contribution in [1.82, 2.24) is 9.97 Å². The van der Waals surface area contributed by atoms with Crippen LogP contribution in [0.2, 0.25) is 0 Å². The second-order valence-electron chi connectivity index (χ2n) is 7.13. The van der Waals surface area contributed by atoms with E-state index in [9.17, 15) is 4.79 Å². The number of para-hydroxylation sites is 1. The quantitative estimate of drug-likeness (QED) is 0.340. The monoisotopic (exact) mass is 407 g/mol. The lowest BCUT2D eigenvalue weighted by molar-refractivity contribution is -0.143. The minimum absolute atomic E-state index is 0.123. The zero-order chi connectivity index (χ0) is 21.3. The molecule has 1 aromatic heterocycles. The molecule has 6 nitrogen and oxygen atoms in total. The Kier molecular flexibility index (Phi) is 7.60. The number of fused-ring (bicyclic) bond motifs is 1. The molecule has 158 valence electrons. The van der Waals surface area contributed by atoms with E-state index in [1.54, 1.807) is 0 Å². The average Bonchev–Trinajstić information content (AvgIpc) is 2.75. The SMILES string of the molecule is CCOC(=O)CCCCCOc1cccc(N(C)c2nc(C)nc3ccccc23)c1. The van der Waals surface area contributed by atoms with E-state index in [4.69, 9.17) is 9.47 Å². The van der Waals surface area contributed by atoms with Crippen molar-refractivity contribution in [3.63, 3.8) is 0 Å². The Bertz CT molecular complexity index is 990. The van der Waals surface area contributed by atoms with Crippen molar-refractivity contribution in [2.75, 3.05) is 25.2 Å². The summed E-state index contributed by atoms with van der Waals surface area (Å²) in [7, 11) is 2.00. The van der Waals surface area contributed by atoms with E-state index in [-0.39, 0.29) is 5.97 Å². The number of ether oxygens (including phenoxy) is 2. The fraction of sp³-hybridized carbons (Fsp3) is 0.375. The summed E-state index contributed by atoms with van der Waals surface area (Å²) in [5.41, 5.74) is 1.93. The van der Waals surface area contributed by atoms with Gasteiger partial charge in [-0.3, -0.25) is 4.79 Å². The molecule has 30 heavy (non-hydrogen) atoms. The van der Waals surface area contributed by atoms with Gasteiger partial charge in [-0.1, -0.05) is 18.2 Å². The number of unbranched alkanes of at least 4 members (excludes halogenated alkanes) is 2. The average molecular weight is 408 g/mol. The van der Waals surface area contributed by atoms with Crippen molar-refractivity contribution >= 4 is 28.4 Å². The maximum absolute atomic E-state index is 11.4. The molecule has 6 heteroatoms. The lowest BCUT2D eigenvalue weighted by Crippen LogP contribution is -2.13. The number of rotatable bonds is 10. The predicted octanol–water partition coefficient (Wildman–Crippen LogP) is 5.21. The van der Waals surface area contributed by atoms with Crippen LogP contribution in [0.15, 0.2) is 48.5 Å². The van der Waals surface area contributed by atoms with Crippen LogP contribution in [0.1, 0.15) is 38.4 Å². The van der Waals surface area contributed by atoms with Crippen LogP contribution in [-0.2, 0) is 9.53 Å². The molecule has 0 amide bonds. The largest absolute Gasteiger partial charge is 0.494 e. The highest BCUT2D eigenvalue weighted by Crippen LogP contribution is 2.30. The van der Waals surface area contributed by atoms with Crippen LogP contribution in [-0.4, -0.2) is 36.2 Å². The minimum Gasteiger partial charge on any atom is -0.494 e. The molecule has 1 heterocycles. The van der Waals surface area contributed by atoms with Crippen LogP contribution in [0.3, 0.4) is 0 Å². The van der Waals surface area contributed by atoms with Gasteiger partial charge in [-0.2, -0.15) is 0 Å². The van der Waals surface area contributed by atoms with Gasteiger partial charge in [0, 0.05) is 30.6 Å². The Hall–Kier alpha value is -3.15. The first-order valence-electron chi connectivity index (χ1n) is 10.4. The van der Waals surface area contributed by atoms with Crippen LogP contribution < -0.4 is 9.64 Å². The molecule has 0 bridgehead atoms. The minimum atomic E-state index is -0.123. The van der Waals surface area contributed by atoms with Crippen molar-refractivity contribution < 1.29 is 14.3 Å². The summed E-state index contributed by atoms with van der Waals surface area (Å²) in [5, 5.41) is 1.01. The molecule has 2 aromatic carbocycles. The number of hydrogen-bond donors (Lipinski definition) is 0. The van der Waals surface area contributed by atoms with Gasteiger partial charge in [-0.15, -0.1) is 0 Å². The molecule has 0 atom stereocenters. The summed E-state index contributed by atoms with van der Waals surface area (Å²) in [5.74, 6) is 2.31. The van der Waals surface area contributed by atoms with Gasteiger partial charge in [0.2, 0.25) is 0 Å². The molecule has 0 fully saturated rings. The third kappa shape index (κ3) is 5.69. The first-order valence-corrected chi connectivity index (χ1v) is 10.4. The number of esters is 1. The van der Waals surface area contributed by atoms with Crippen molar-refractivity contribution in [2.24, 2.45) is 0 Å². The van der Waals surface area contributed by atoms with Gasteiger partial charge in [0.25, 0.3) is 0 Å². The Morgan fingerprint density at radius 2 is 1.87 bits per heavy atom. The lowest BCUT2D eigenvalue weighted by atomic mass is 10.2. The molecule has 0 saturated heterocycles. The number of carbonyl (C=O) groups is 1. The van der Waals surface area contributed by atoms with Crippen LogP contribution >= 0.6 is 0 Å². The Morgan fingerprint density at radius 1 is 1.03 bits per heavy atom. The number of nitrogens with zero attached hydrogens (tertiary/aromatic N) is 3. The molecule has 0 aliphatic carbocycles. The van der Waals surface area contributed by atoms with E-state index >= 15 is 0 Å². The van der Waals surface area contributed by atoms with Crippen LogP contribution in [0.5, 0.6) is 5.75 Å². The molecular formula is C24H29N3O3. The zero-order valence-corrected chi connectivity index (χ0v) is 17.9. The van der Waals surface area contributed by atoms with Crippen molar-refractivity contribution in [2.45, 2.75) is 39.5 Å². The molecule has 0 aliphatic rings. The van der Waals surface area contributed by atoms with Crippen molar-refractivity contribution in [1.29, 1.82) is 0 Å². The standard InChI is InChI=1S/C24H29N3O3/c1-4-29-23(28)15-6-5-9-16-30-20-12-10-11-19(17-20)27(3)24-21-13-7-8-14-22(21)25-18(2)26-24/h7-8,10-14,17H,4-6,9,15-16H2,1-3H3. The second kappa shape index (κ2) is 10.6. The third-order valence-electron chi connectivity index (χ3n) is 4.82. The number of benzene rings is 2. The number of hydrogen-bond acceptors (Lipinski definition) is 6. The van der Waals surface area contributed by atoms with Crippen LogP contribution in [0.25, 0.3) is 10.9 Å². The molecule has 0 spiro atoms. The van der Waals surface area contributed by atoms with Gasteiger partial charge in [0.1, 0.15) is 17.4 Å². The summed E-state index contributed by atoms with van der Waals surface area (Å²) < 4.78 is 10.9. The highest BCUT2D eigenvalue weighted by molar-refractivity contribution is 5.91. The number of aromatic nitrogens is 2. The van der Waals surface area contributed by atoms with Gasteiger partial charge in [-0.25, -0.2) is 9.97 Å². The number of carbonyl (C=O) groups excluding carboxylic acids is 1. The summed E-state index contributed by atoms with van der Waals surface area (Å²) >= 11 is 0. The van der Waals surface area contributed by atoms with E-state index in [0.717, 1.165) is 53.2 Å². The number of aryl methyl sites for hydroxylation is 1. The van der Waals surface area contributed by atoms with Gasteiger partial charge in [0.05, 0.1) is 18.7 Å². The first kappa shape index (κ1) is 21.6. The summed E-state index contributed by atoms with van der Waals surface area (Å²) in [6.45, 7) is 4.79. The van der Waals surface area contributed by atoms with Crippen LogP contribution in [0, 0.1) is 6.92 Å². The van der Waals surface area contributed by atoms with Gasteiger partial charge in [-0.05, 0) is 57.4 Å².